The molecular formula is C9H17IN4. The molecule has 3 unspecified atom stereocenters. The summed E-state index contributed by atoms with van der Waals surface area (Å²) in [5, 5.41) is 3.58. The largest absolute Gasteiger partial charge is 0.386 e. The lowest BCUT2D eigenvalue weighted by Crippen LogP contribution is -2.51. The standard InChI is InChI=1S/C9H17IN4/c1-5(2)9-13-7(10)6-8(11)12-3-4-14(6)9/h5-7,9,13H,3-4H2,1-2H3,(H2,11,12). The van der Waals surface area contributed by atoms with Gasteiger partial charge in [-0.05, 0) is 5.92 Å². The van der Waals surface area contributed by atoms with Gasteiger partial charge in [0.05, 0.1) is 22.8 Å². The Hall–Kier alpha value is 0.120. The molecule has 0 aromatic heterocycles. The van der Waals surface area contributed by atoms with Crippen LogP contribution >= 0.6 is 22.6 Å². The van der Waals surface area contributed by atoms with E-state index in [4.69, 9.17) is 5.73 Å². The van der Waals surface area contributed by atoms with Crippen LogP contribution in [0.3, 0.4) is 0 Å². The molecule has 0 radical (unpaired) electrons. The first kappa shape index (κ1) is 10.6. The van der Waals surface area contributed by atoms with Crippen LogP contribution < -0.4 is 11.1 Å². The molecular weight excluding hydrogens is 291 g/mol. The molecule has 80 valence electrons. The topological polar surface area (TPSA) is 53.6 Å². The van der Waals surface area contributed by atoms with Crippen molar-refractivity contribution in [3.63, 3.8) is 0 Å². The molecule has 2 heterocycles. The number of amidine groups is 1. The number of aliphatic imine (C=N–C) groups is 1. The van der Waals surface area contributed by atoms with E-state index < -0.39 is 0 Å². The van der Waals surface area contributed by atoms with E-state index >= 15 is 0 Å². The number of alkyl halides is 1. The van der Waals surface area contributed by atoms with Crippen LogP contribution in [-0.2, 0) is 0 Å². The Kier molecular flexibility index (Phi) is 2.99. The van der Waals surface area contributed by atoms with Gasteiger partial charge in [0.15, 0.2) is 0 Å². The molecule has 3 N–H and O–H groups in total. The van der Waals surface area contributed by atoms with Crippen LogP contribution in [0.5, 0.6) is 0 Å². The summed E-state index contributed by atoms with van der Waals surface area (Å²) in [6, 6.07) is 0.303. The molecule has 4 nitrogen and oxygen atoms in total. The molecule has 0 saturated carbocycles. The Morgan fingerprint density at radius 1 is 1.64 bits per heavy atom. The summed E-state index contributed by atoms with van der Waals surface area (Å²) in [5.74, 6) is 1.41. The zero-order valence-electron chi connectivity index (χ0n) is 8.57. The zero-order valence-corrected chi connectivity index (χ0v) is 10.7. The van der Waals surface area contributed by atoms with Crippen molar-refractivity contribution < 1.29 is 0 Å². The molecule has 2 aliphatic heterocycles. The third-order valence-electron chi connectivity index (χ3n) is 2.91. The maximum Gasteiger partial charge on any atom is 0.114 e. The number of hydrogen-bond acceptors (Lipinski definition) is 4. The van der Waals surface area contributed by atoms with E-state index in [0.717, 1.165) is 18.9 Å². The highest BCUT2D eigenvalue weighted by Crippen LogP contribution is 2.27. The van der Waals surface area contributed by atoms with Crippen LogP contribution in [0.2, 0.25) is 0 Å². The zero-order chi connectivity index (χ0) is 10.3. The molecule has 0 aliphatic carbocycles. The Morgan fingerprint density at radius 2 is 2.36 bits per heavy atom. The van der Waals surface area contributed by atoms with Crippen LogP contribution in [0.15, 0.2) is 4.99 Å². The first-order valence-electron chi connectivity index (χ1n) is 5.07. The van der Waals surface area contributed by atoms with Crippen LogP contribution in [-0.4, -0.2) is 40.1 Å². The molecule has 3 atom stereocenters. The summed E-state index contributed by atoms with van der Waals surface area (Å²) < 4.78 is 0.393. The van der Waals surface area contributed by atoms with Crippen LogP contribution in [0, 0.1) is 5.92 Å². The van der Waals surface area contributed by atoms with Crippen molar-refractivity contribution >= 4 is 28.4 Å². The first-order valence-corrected chi connectivity index (χ1v) is 6.31. The Bertz CT molecular complexity index is 253. The fraction of sp³-hybridized carbons (Fsp3) is 0.889. The molecule has 2 rings (SSSR count). The second-order valence-corrected chi connectivity index (χ2v) is 5.59. The van der Waals surface area contributed by atoms with E-state index in [1.807, 2.05) is 0 Å². The highest BCUT2D eigenvalue weighted by atomic mass is 127. The number of hydrogen-bond donors (Lipinski definition) is 2. The van der Waals surface area contributed by atoms with Gasteiger partial charge in [0.1, 0.15) is 5.84 Å². The number of fused-ring (bicyclic) bond motifs is 1. The third kappa shape index (κ3) is 1.65. The number of rotatable bonds is 1. The lowest BCUT2D eigenvalue weighted by molar-refractivity contribution is 0.173. The molecule has 1 saturated heterocycles. The summed E-state index contributed by atoms with van der Waals surface area (Å²) in [4.78, 5) is 6.77. The van der Waals surface area contributed by atoms with Crippen LogP contribution in [0.4, 0.5) is 0 Å². The quantitative estimate of drug-likeness (QED) is 0.418. The van der Waals surface area contributed by atoms with E-state index in [1.165, 1.54) is 0 Å². The van der Waals surface area contributed by atoms with E-state index in [0.29, 0.717) is 22.2 Å². The van der Waals surface area contributed by atoms with Crippen molar-refractivity contribution in [3.8, 4) is 0 Å². The number of nitrogens with one attached hydrogen (secondary N) is 1. The Labute approximate surface area is 98.5 Å². The summed E-state index contributed by atoms with van der Waals surface area (Å²) in [6.07, 6.45) is 0.455. The number of nitrogens with zero attached hydrogens (tertiary/aromatic N) is 2. The SMILES string of the molecule is CC(C)C1NC(I)C2C(N)=NCCN12. The highest BCUT2D eigenvalue weighted by Gasteiger charge is 2.43. The summed E-state index contributed by atoms with van der Waals surface area (Å²) in [6.45, 7) is 6.36. The van der Waals surface area contributed by atoms with E-state index in [1.54, 1.807) is 0 Å². The minimum atomic E-state index is 0.303. The molecule has 2 aliphatic rings. The van der Waals surface area contributed by atoms with Crippen LogP contribution in [0.25, 0.3) is 0 Å². The van der Waals surface area contributed by atoms with Gasteiger partial charge in [-0.25, -0.2) is 0 Å². The Morgan fingerprint density at radius 3 is 3.00 bits per heavy atom. The van der Waals surface area contributed by atoms with E-state index in [9.17, 15) is 0 Å². The monoisotopic (exact) mass is 308 g/mol. The van der Waals surface area contributed by atoms with Gasteiger partial charge >= 0.3 is 0 Å². The van der Waals surface area contributed by atoms with Crippen molar-refractivity contribution in [2.24, 2.45) is 16.6 Å². The maximum absolute atomic E-state index is 5.94. The second-order valence-electron chi connectivity index (χ2n) is 4.25. The van der Waals surface area contributed by atoms with Gasteiger partial charge in [0.25, 0.3) is 0 Å². The summed E-state index contributed by atoms with van der Waals surface area (Å²) in [5.41, 5.74) is 5.94. The summed E-state index contributed by atoms with van der Waals surface area (Å²) >= 11 is 2.42. The number of halogens is 1. The first-order chi connectivity index (χ1) is 6.61. The Balaban J connectivity index is 2.21. The van der Waals surface area contributed by atoms with E-state index in [2.05, 4.69) is 51.6 Å². The molecule has 0 spiro atoms. The molecule has 1 fully saturated rings. The third-order valence-corrected chi connectivity index (χ3v) is 3.95. The fourth-order valence-electron chi connectivity index (χ4n) is 2.25. The second kappa shape index (κ2) is 3.94. The van der Waals surface area contributed by atoms with Gasteiger partial charge in [-0.2, -0.15) is 0 Å². The molecule has 0 aromatic carbocycles. The van der Waals surface area contributed by atoms with Crippen molar-refractivity contribution in [3.05, 3.63) is 0 Å². The maximum atomic E-state index is 5.94. The van der Waals surface area contributed by atoms with Crippen molar-refractivity contribution in [1.82, 2.24) is 10.2 Å². The van der Waals surface area contributed by atoms with Gasteiger partial charge < -0.3 is 5.73 Å². The fourth-order valence-corrected chi connectivity index (χ4v) is 3.40. The highest BCUT2D eigenvalue weighted by molar-refractivity contribution is 14.1. The minimum Gasteiger partial charge on any atom is -0.386 e. The summed E-state index contributed by atoms with van der Waals surface area (Å²) in [7, 11) is 0. The smallest absolute Gasteiger partial charge is 0.114 e. The molecule has 5 heteroatoms. The molecule has 0 bridgehead atoms. The normalized spacial score (nSPS) is 38.6. The predicted molar refractivity (Wildman–Crippen MR) is 66.6 cm³/mol. The number of nitrogens with two attached hydrogens (primary N) is 1. The van der Waals surface area contributed by atoms with E-state index in [-0.39, 0.29) is 0 Å². The van der Waals surface area contributed by atoms with Gasteiger partial charge in [0.2, 0.25) is 0 Å². The van der Waals surface area contributed by atoms with Gasteiger partial charge in [-0.3, -0.25) is 15.2 Å². The van der Waals surface area contributed by atoms with Gasteiger partial charge in [-0.1, -0.05) is 36.4 Å². The van der Waals surface area contributed by atoms with Crippen molar-refractivity contribution in [2.75, 3.05) is 13.1 Å². The minimum absolute atomic E-state index is 0.303. The lowest BCUT2D eigenvalue weighted by atomic mass is 10.1. The van der Waals surface area contributed by atoms with Crippen molar-refractivity contribution in [1.29, 1.82) is 0 Å². The predicted octanol–water partition coefficient (Wildman–Crippen LogP) is 0.374. The average Bonchev–Trinajstić information content (AvgIpc) is 2.45. The van der Waals surface area contributed by atoms with Crippen LogP contribution in [0.1, 0.15) is 13.8 Å². The van der Waals surface area contributed by atoms with Gasteiger partial charge in [-0.15, -0.1) is 0 Å². The van der Waals surface area contributed by atoms with Gasteiger partial charge in [0, 0.05) is 6.54 Å². The average molecular weight is 308 g/mol. The molecule has 14 heavy (non-hydrogen) atoms. The molecule has 0 amide bonds. The lowest BCUT2D eigenvalue weighted by Gasteiger charge is -2.33. The molecule has 0 aromatic rings. The van der Waals surface area contributed by atoms with Crippen molar-refractivity contribution in [2.45, 2.75) is 30.1 Å².